The molecular weight excluding hydrogens is 1050 g/mol. The summed E-state index contributed by atoms with van der Waals surface area (Å²) < 4.78 is 5.24. The van der Waals surface area contributed by atoms with Gasteiger partial charge in [0.2, 0.25) is 0 Å². The van der Waals surface area contributed by atoms with Crippen LogP contribution in [-0.2, 0) is 32.5 Å². The molecule has 3 aromatic heterocycles. The second-order valence-corrected chi connectivity index (χ2v) is 31.6. The summed E-state index contributed by atoms with van der Waals surface area (Å²) in [4.78, 5) is 16.1. The first kappa shape index (κ1) is 56.5. The van der Waals surface area contributed by atoms with Gasteiger partial charge in [0.15, 0.2) is 17.5 Å². The second-order valence-electron chi connectivity index (χ2n) is 31.6. The van der Waals surface area contributed by atoms with Crippen LogP contribution in [0.15, 0.2) is 170 Å². The third-order valence-corrected chi connectivity index (χ3v) is 19.0. The quantitative estimate of drug-likeness (QED) is 0.161. The molecule has 0 bridgehead atoms. The van der Waals surface area contributed by atoms with Gasteiger partial charge < -0.3 is 9.13 Å². The standard InChI is InChI=1S/C81H82BN5/c1-76(2,3)54-33-51(34-55(41-54)77(4,5)6)49-29-31-66-60(37-49)62-43-58(80(13,14)15)45-64-71(62)86(66)68-39-53(75-84-73(47-25-21-19-22-26-47)83-74(85-75)48-27-23-20-24-28-48)40-69-70(68)82(64)65-46-59(81(16,17)18)44-63-61-38-50(30-32-67(61)87(69)72(63)65)52-35-56(78(7,8)9)42-57(36-52)79(10,11)12/h19-46H,1-18H3. The highest BCUT2D eigenvalue weighted by Gasteiger charge is 2.43. The van der Waals surface area contributed by atoms with Gasteiger partial charge in [-0.1, -0.05) is 246 Å². The van der Waals surface area contributed by atoms with Crippen molar-refractivity contribution < 1.29 is 0 Å². The summed E-state index contributed by atoms with van der Waals surface area (Å²) in [5, 5.41) is 5.05. The minimum absolute atomic E-state index is 0.0233. The lowest BCUT2D eigenvalue weighted by atomic mass is 9.34. The fraction of sp³-hybridized carbons (Fsp3) is 0.296. The number of rotatable bonds is 5. The van der Waals surface area contributed by atoms with Crippen LogP contribution in [0.25, 0.3) is 111 Å². The van der Waals surface area contributed by atoms with Crippen molar-refractivity contribution in [3.8, 4) is 67.8 Å². The predicted molar refractivity (Wildman–Crippen MR) is 373 cm³/mol. The van der Waals surface area contributed by atoms with Crippen LogP contribution < -0.4 is 16.4 Å². The SMILES string of the molecule is CC(C)(C)c1cc(-c2ccc3c(c2)c2cc(C(C)(C)C)cc4c2n3-c2cc(-c3nc(-c5ccccc5)nc(-c5ccccc5)n3)cc3c2B4c2cc(C(C)(C)C)cc4c5cc(-c6cc(C(C)(C)C)cc(C(C)(C)C)c6)ccc5n-3c24)cc(C(C)(C)C)c1. The number of aromatic nitrogens is 5. The van der Waals surface area contributed by atoms with Crippen LogP contribution in [0.1, 0.15) is 158 Å². The Balaban J connectivity index is 1.13. The predicted octanol–water partition coefficient (Wildman–Crippen LogP) is 19.3. The van der Waals surface area contributed by atoms with Crippen LogP contribution in [0, 0.1) is 0 Å². The zero-order valence-electron chi connectivity index (χ0n) is 54.5. The second kappa shape index (κ2) is 19.1. The molecular formula is C81H82BN5. The smallest absolute Gasteiger partial charge is 0.252 e. The number of hydrogen-bond acceptors (Lipinski definition) is 3. The van der Waals surface area contributed by atoms with Crippen molar-refractivity contribution in [2.75, 3.05) is 0 Å². The summed E-state index contributed by atoms with van der Waals surface area (Å²) >= 11 is 0. The molecule has 5 nitrogen and oxygen atoms in total. The van der Waals surface area contributed by atoms with Crippen molar-refractivity contribution in [1.29, 1.82) is 0 Å². The molecule has 0 saturated heterocycles. The van der Waals surface area contributed by atoms with Crippen LogP contribution in [0.3, 0.4) is 0 Å². The summed E-state index contributed by atoms with van der Waals surface area (Å²) in [7, 11) is 0. The van der Waals surface area contributed by atoms with E-state index in [0.717, 1.165) is 28.1 Å². The van der Waals surface area contributed by atoms with Crippen molar-refractivity contribution >= 4 is 66.7 Å². The Bertz CT molecular complexity index is 4470. The topological polar surface area (TPSA) is 48.5 Å². The average molecular weight is 1140 g/mol. The third kappa shape index (κ3) is 9.38. The maximum Gasteiger partial charge on any atom is 0.252 e. The molecule has 9 aromatic carbocycles. The largest absolute Gasteiger partial charge is 0.310 e. The Morgan fingerprint density at radius 3 is 0.931 bits per heavy atom. The van der Waals surface area contributed by atoms with Crippen LogP contribution in [-0.4, -0.2) is 30.8 Å². The molecule has 0 spiro atoms. The molecule has 0 aliphatic carbocycles. The lowest BCUT2D eigenvalue weighted by Gasteiger charge is -2.35. The lowest BCUT2D eigenvalue weighted by molar-refractivity contribution is 0.568. The Kier molecular flexibility index (Phi) is 12.4. The van der Waals surface area contributed by atoms with Crippen molar-refractivity contribution in [2.45, 2.75) is 157 Å². The summed E-state index contributed by atoms with van der Waals surface area (Å²) in [6.45, 7) is 42.2. The zero-order chi connectivity index (χ0) is 61.4. The first-order valence-electron chi connectivity index (χ1n) is 31.5. The molecule has 6 heteroatoms. The molecule has 0 radical (unpaired) electrons. The summed E-state index contributed by atoms with van der Waals surface area (Å²) in [5.41, 5.74) is 26.6. The van der Waals surface area contributed by atoms with E-state index >= 15 is 0 Å². The molecule has 14 rings (SSSR count). The van der Waals surface area contributed by atoms with Gasteiger partial charge in [-0.05, 0) is 153 Å². The number of hydrogen-bond donors (Lipinski definition) is 0. The number of fused-ring (bicyclic) bond motifs is 10. The van der Waals surface area contributed by atoms with E-state index in [9.17, 15) is 0 Å². The molecule has 12 aromatic rings. The third-order valence-electron chi connectivity index (χ3n) is 19.0. The van der Waals surface area contributed by atoms with E-state index in [2.05, 4.69) is 291 Å². The normalized spacial score (nSPS) is 13.6. The highest BCUT2D eigenvalue weighted by atomic mass is 15.1. The molecule has 434 valence electrons. The molecule has 0 atom stereocenters. The summed E-state index contributed by atoms with van der Waals surface area (Å²) in [6, 6.07) is 65.0. The molecule has 2 aliphatic heterocycles. The van der Waals surface area contributed by atoms with Crippen LogP contribution >= 0.6 is 0 Å². The highest BCUT2D eigenvalue weighted by Crippen LogP contribution is 2.46. The molecule has 0 amide bonds. The van der Waals surface area contributed by atoms with Crippen LogP contribution in [0.5, 0.6) is 0 Å². The molecule has 0 unspecified atom stereocenters. The van der Waals surface area contributed by atoms with Crippen molar-refractivity contribution in [3.05, 3.63) is 203 Å². The van der Waals surface area contributed by atoms with Gasteiger partial charge in [0.25, 0.3) is 6.71 Å². The Morgan fingerprint density at radius 1 is 0.276 bits per heavy atom. The maximum atomic E-state index is 5.47. The van der Waals surface area contributed by atoms with Crippen molar-refractivity contribution in [3.63, 3.8) is 0 Å². The molecule has 0 fully saturated rings. The van der Waals surface area contributed by atoms with Crippen molar-refractivity contribution in [2.24, 2.45) is 0 Å². The summed E-state index contributed by atoms with van der Waals surface area (Å²) in [6.07, 6.45) is 0. The van der Waals surface area contributed by atoms with Gasteiger partial charge in [0.05, 0.1) is 11.0 Å². The summed E-state index contributed by atoms with van der Waals surface area (Å²) in [5.74, 6) is 1.91. The first-order valence-corrected chi connectivity index (χ1v) is 31.5. The molecule has 0 saturated carbocycles. The fourth-order valence-electron chi connectivity index (χ4n) is 13.7. The first-order chi connectivity index (χ1) is 40.9. The van der Waals surface area contributed by atoms with Gasteiger partial charge in [-0.2, -0.15) is 0 Å². The lowest BCUT2D eigenvalue weighted by Crippen LogP contribution is -2.59. The zero-order valence-corrected chi connectivity index (χ0v) is 54.5. The molecule has 87 heavy (non-hydrogen) atoms. The number of benzene rings is 9. The van der Waals surface area contributed by atoms with E-state index in [1.807, 2.05) is 12.1 Å². The van der Waals surface area contributed by atoms with Gasteiger partial charge >= 0.3 is 0 Å². The fourth-order valence-corrected chi connectivity index (χ4v) is 13.7. The highest BCUT2D eigenvalue weighted by molar-refractivity contribution is 7.00. The van der Waals surface area contributed by atoms with Crippen LogP contribution in [0.2, 0.25) is 0 Å². The maximum absolute atomic E-state index is 5.47. The Hall–Kier alpha value is -8.35. The van der Waals surface area contributed by atoms with E-state index in [0.29, 0.717) is 17.5 Å². The van der Waals surface area contributed by atoms with Gasteiger partial charge in [0, 0.05) is 60.6 Å². The molecule has 5 heterocycles. The van der Waals surface area contributed by atoms with Gasteiger partial charge in [-0.3, -0.25) is 0 Å². The number of nitrogens with zero attached hydrogens (tertiary/aromatic N) is 5. The molecule has 2 aliphatic rings. The monoisotopic (exact) mass is 1140 g/mol. The van der Waals surface area contributed by atoms with Gasteiger partial charge in [-0.15, -0.1) is 0 Å². The van der Waals surface area contributed by atoms with Gasteiger partial charge in [-0.25, -0.2) is 15.0 Å². The minimum Gasteiger partial charge on any atom is -0.310 e. The van der Waals surface area contributed by atoms with Crippen molar-refractivity contribution in [1.82, 2.24) is 24.1 Å². The van der Waals surface area contributed by atoms with E-state index in [1.165, 1.54) is 116 Å². The van der Waals surface area contributed by atoms with Gasteiger partial charge in [0.1, 0.15) is 0 Å². The van der Waals surface area contributed by atoms with E-state index in [1.54, 1.807) is 0 Å². The molecule has 0 N–H and O–H groups in total. The average Bonchev–Trinajstić information content (AvgIpc) is 1.58. The van der Waals surface area contributed by atoms with E-state index in [4.69, 9.17) is 15.0 Å². The Morgan fingerprint density at radius 2 is 0.598 bits per heavy atom. The van der Waals surface area contributed by atoms with E-state index < -0.39 is 0 Å². The minimum atomic E-state index is -0.141. The van der Waals surface area contributed by atoms with Crippen LogP contribution in [0.4, 0.5) is 0 Å². The Labute approximate surface area is 516 Å². The van der Waals surface area contributed by atoms with E-state index in [-0.39, 0.29) is 39.2 Å².